The first kappa shape index (κ1) is 16.0. The molecule has 0 aliphatic heterocycles. The molecule has 0 spiro atoms. The zero-order valence-corrected chi connectivity index (χ0v) is 13.9. The van der Waals surface area contributed by atoms with E-state index in [1.165, 1.54) is 47.4 Å². The first-order valence-corrected chi connectivity index (χ1v) is 9.00. The Morgan fingerprint density at radius 1 is 0.857 bits per heavy atom. The van der Waals surface area contributed by atoms with Crippen molar-refractivity contribution in [1.29, 1.82) is 0 Å². The lowest BCUT2D eigenvalue weighted by Crippen LogP contribution is -1.99. The number of aryl methyl sites for hydroxylation is 1. The van der Waals surface area contributed by atoms with E-state index in [-0.39, 0.29) is 0 Å². The number of nitrogens with one attached hydrogen (secondary N) is 1. The van der Waals surface area contributed by atoms with Crippen molar-refractivity contribution in [2.24, 2.45) is 0 Å². The molecule has 2 aromatic carbocycles. The van der Waals surface area contributed by atoms with Crippen LogP contribution in [0.3, 0.4) is 0 Å². The third kappa shape index (κ3) is 5.47. The van der Waals surface area contributed by atoms with Gasteiger partial charge in [0.2, 0.25) is 0 Å². The van der Waals surface area contributed by atoms with Gasteiger partial charge in [-0.3, -0.25) is 0 Å². The highest BCUT2D eigenvalue weighted by molar-refractivity contribution is 7.98. The highest BCUT2D eigenvalue weighted by Gasteiger charge is 1.97. The lowest BCUT2D eigenvalue weighted by molar-refractivity contribution is 0.717. The van der Waals surface area contributed by atoms with Gasteiger partial charge in [0.15, 0.2) is 0 Å². The van der Waals surface area contributed by atoms with E-state index in [1.54, 1.807) is 11.8 Å². The minimum absolute atomic E-state index is 0.879. The van der Waals surface area contributed by atoms with E-state index >= 15 is 0 Å². The summed E-state index contributed by atoms with van der Waals surface area (Å²) < 4.78 is 0. The number of hydrogen-bond acceptors (Lipinski definition) is 2. The van der Waals surface area contributed by atoms with Crippen molar-refractivity contribution in [2.45, 2.75) is 44.0 Å². The smallest absolute Gasteiger partial charge is 0.0400 e. The van der Waals surface area contributed by atoms with Crippen LogP contribution in [0, 0.1) is 0 Å². The number of anilines is 1. The predicted molar refractivity (Wildman–Crippen MR) is 95.2 cm³/mol. The van der Waals surface area contributed by atoms with Crippen molar-refractivity contribution in [1.82, 2.24) is 0 Å². The molecule has 0 atom stereocenters. The molecule has 1 N–H and O–H groups in total. The van der Waals surface area contributed by atoms with Gasteiger partial charge in [0.25, 0.3) is 0 Å². The van der Waals surface area contributed by atoms with Crippen molar-refractivity contribution < 1.29 is 0 Å². The molecule has 2 heteroatoms. The molecule has 0 saturated heterocycles. The highest BCUT2D eigenvalue weighted by atomic mass is 32.2. The Morgan fingerprint density at radius 2 is 1.52 bits per heavy atom. The minimum Gasteiger partial charge on any atom is -0.381 e. The standard InChI is InChI=1S/C19H25NS/c1-3-4-5-6-16-7-11-18(12-8-16)20-15-17-9-13-19(21-2)14-10-17/h7-14,20H,3-6,15H2,1-2H3. The monoisotopic (exact) mass is 299 g/mol. The van der Waals surface area contributed by atoms with Crippen molar-refractivity contribution >= 4 is 17.4 Å². The van der Waals surface area contributed by atoms with Gasteiger partial charge in [0.05, 0.1) is 0 Å². The third-order valence-electron chi connectivity index (χ3n) is 3.68. The van der Waals surface area contributed by atoms with Crippen LogP contribution in [0.4, 0.5) is 5.69 Å². The fraction of sp³-hybridized carbons (Fsp3) is 0.368. The lowest BCUT2D eigenvalue weighted by atomic mass is 10.1. The summed E-state index contributed by atoms with van der Waals surface area (Å²) in [4.78, 5) is 1.31. The Hall–Kier alpha value is -1.41. The van der Waals surface area contributed by atoms with Crippen molar-refractivity contribution in [2.75, 3.05) is 11.6 Å². The Labute approximate surface area is 133 Å². The number of thioether (sulfide) groups is 1. The normalized spacial score (nSPS) is 10.6. The van der Waals surface area contributed by atoms with Crippen molar-refractivity contribution in [3.63, 3.8) is 0 Å². The van der Waals surface area contributed by atoms with E-state index in [2.05, 4.69) is 67.0 Å². The van der Waals surface area contributed by atoms with Crippen LogP contribution in [0.25, 0.3) is 0 Å². The van der Waals surface area contributed by atoms with Gasteiger partial charge >= 0.3 is 0 Å². The molecular weight excluding hydrogens is 274 g/mol. The zero-order valence-electron chi connectivity index (χ0n) is 13.1. The van der Waals surface area contributed by atoms with Crippen LogP contribution >= 0.6 is 11.8 Å². The quantitative estimate of drug-likeness (QED) is 0.492. The molecule has 0 aromatic heterocycles. The molecule has 0 bridgehead atoms. The molecule has 0 amide bonds. The Bertz CT molecular complexity index is 516. The number of rotatable bonds is 8. The second kappa shape index (κ2) is 8.78. The SMILES string of the molecule is CCCCCc1ccc(NCc2ccc(SC)cc2)cc1. The van der Waals surface area contributed by atoms with E-state index in [4.69, 9.17) is 0 Å². The fourth-order valence-electron chi connectivity index (χ4n) is 2.32. The molecule has 0 fully saturated rings. The molecule has 112 valence electrons. The first-order chi connectivity index (χ1) is 10.3. The zero-order chi connectivity index (χ0) is 14.9. The molecule has 0 aliphatic rings. The van der Waals surface area contributed by atoms with Gasteiger partial charge in [-0.05, 0) is 54.5 Å². The highest BCUT2D eigenvalue weighted by Crippen LogP contribution is 2.17. The van der Waals surface area contributed by atoms with Crippen LogP contribution in [0.1, 0.15) is 37.3 Å². The van der Waals surface area contributed by atoms with Gasteiger partial charge in [0.1, 0.15) is 0 Å². The first-order valence-electron chi connectivity index (χ1n) is 7.77. The van der Waals surface area contributed by atoms with Gasteiger partial charge < -0.3 is 5.32 Å². The molecular formula is C19H25NS. The summed E-state index contributed by atoms with van der Waals surface area (Å²) in [6, 6.07) is 17.6. The summed E-state index contributed by atoms with van der Waals surface area (Å²) in [5, 5.41) is 3.49. The van der Waals surface area contributed by atoms with Gasteiger partial charge in [-0.2, -0.15) is 0 Å². The van der Waals surface area contributed by atoms with Gasteiger partial charge in [0, 0.05) is 17.1 Å². The van der Waals surface area contributed by atoms with E-state index < -0.39 is 0 Å². The Morgan fingerprint density at radius 3 is 2.14 bits per heavy atom. The molecule has 0 unspecified atom stereocenters. The van der Waals surface area contributed by atoms with E-state index in [9.17, 15) is 0 Å². The predicted octanol–water partition coefficient (Wildman–Crippen LogP) is 5.75. The average Bonchev–Trinajstić information content (AvgIpc) is 2.55. The Balaban J connectivity index is 1.82. The second-order valence-corrected chi connectivity index (χ2v) is 6.24. The fourth-order valence-corrected chi connectivity index (χ4v) is 2.72. The largest absolute Gasteiger partial charge is 0.381 e. The minimum atomic E-state index is 0.879. The average molecular weight is 299 g/mol. The number of benzene rings is 2. The molecule has 2 aromatic rings. The van der Waals surface area contributed by atoms with Crippen LogP contribution in [-0.2, 0) is 13.0 Å². The molecule has 0 radical (unpaired) electrons. The van der Waals surface area contributed by atoms with Gasteiger partial charge in [-0.1, -0.05) is 44.0 Å². The maximum absolute atomic E-state index is 3.49. The number of unbranched alkanes of at least 4 members (excludes halogenated alkanes) is 2. The van der Waals surface area contributed by atoms with Crippen LogP contribution in [0.15, 0.2) is 53.4 Å². The van der Waals surface area contributed by atoms with E-state index in [0.717, 1.165) is 6.54 Å². The van der Waals surface area contributed by atoms with E-state index in [0.29, 0.717) is 0 Å². The maximum atomic E-state index is 3.49. The maximum Gasteiger partial charge on any atom is 0.0400 e. The van der Waals surface area contributed by atoms with Crippen molar-refractivity contribution in [3.05, 3.63) is 59.7 Å². The second-order valence-electron chi connectivity index (χ2n) is 5.36. The summed E-state index contributed by atoms with van der Waals surface area (Å²) in [5.41, 5.74) is 3.96. The summed E-state index contributed by atoms with van der Waals surface area (Å²) in [6.45, 7) is 3.13. The lowest BCUT2D eigenvalue weighted by Gasteiger charge is -2.08. The Kier molecular flexibility index (Phi) is 6.68. The topological polar surface area (TPSA) is 12.0 Å². The molecule has 0 heterocycles. The van der Waals surface area contributed by atoms with Crippen LogP contribution < -0.4 is 5.32 Å². The van der Waals surface area contributed by atoms with Gasteiger partial charge in [-0.25, -0.2) is 0 Å². The molecule has 0 saturated carbocycles. The molecule has 1 nitrogen and oxygen atoms in total. The van der Waals surface area contributed by atoms with Crippen LogP contribution in [0.2, 0.25) is 0 Å². The van der Waals surface area contributed by atoms with Crippen molar-refractivity contribution in [3.8, 4) is 0 Å². The summed E-state index contributed by atoms with van der Waals surface area (Å²) in [5.74, 6) is 0. The van der Waals surface area contributed by atoms with E-state index in [1.807, 2.05) is 0 Å². The van der Waals surface area contributed by atoms with Crippen LogP contribution in [-0.4, -0.2) is 6.26 Å². The molecule has 21 heavy (non-hydrogen) atoms. The number of hydrogen-bond donors (Lipinski definition) is 1. The molecule has 0 aliphatic carbocycles. The van der Waals surface area contributed by atoms with Crippen LogP contribution in [0.5, 0.6) is 0 Å². The summed E-state index contributed by atoms with van der Waals surface area (Å²) in [7, 11) is 0. The molecule has 2 rings (SSSR count). The van der Waals surface area contributed by atoms with Gasteiger partial charge in [-0.15, -0.1) is 11.8 Å². The summed E-state index contributed by atoms with van der Waals surface area (Å²) >= 11 is 1.78. The third-order valence-corrected chi connectivity index (χ3v) is 4.42. The summed E-state index contributed by atoms with van der Waals surface area (Å²) in [6.07, 6.45) is 7.21.